The number of aromatic amines is 1. The first-order chi connectivity index (χ1) is 21.6. The van der Waals surface area contributed by atoms with Crippen molar-refractivity contribution in [1.29, 1.82) is 0 Å². The van der Waals surface area contributed by atoms with Crippen molar-refractivity contribution in [1.82, 2.24) is 30.7 Å². The van der Waals surface area contributed by atoms with Gasteiger partial charge in [0.2, 0.25) is 29.5 Å². The van der Waals surface area contributed by atoms with Crippen molar-refractivity contribution in [2.75, 3.05) is 26.2 Å². The quantitative estimate of drug-likeness (QED) is 0.216. The molecule has 2 fully saturated rings. The Morgan fingerprint density at radius 2 is 1.71 bits per heavy atom. The minimum atomic E-state index is -1.12. The highest BCUT2D eigenvalue weighted by molar-refractivity contribution is 5.96. The van der Waals surface area contributed by atoms with Gasteiger partial charge in [-0.25, -0.2) is 0 Å². The summed E-state index contributed by atoms with van der Waals surface area (Å²) in [6, 6.07) is 12.6. The van der Waals surface area contributed by atoms with E-state index >= 15 is 0 Å². The van der Waals surface area contributed by atoms with E-state index in [1.54, 1.807) is 6.20 Å². The van der Waals surface area contributed by atoms with Crippen molar-refractivity contribution in [3.63, 3.8) is 0 Å². The lowest BCUT2D eigenvalue weighted by Gasteiger charge is -2.30. The lowest BCUT2D eigenvalue weighted by Crippen LogP contribution is -2.57. The molecule has 13 heteroatoms. The molecule has 2 aromatic carbocycles. The van der Waals surface area contributed by atoms with Gasteiger partial charge in [-0.3, -0.25) is 24.0 Å². The summed E-state index contributed by atoms with van der Waals surface area (Å²) in [5.74, 6) is -2.74. The number of nitrogens with two attached hydrogens (primary N) is 1. The Hall–Kier alpha value is -4.75. The largest absolute Gasteiger partial charge is 0.391 e. The number of aliphatic hydroxyl groups is 1. The standard InChI is InChI=1S/C32H39N7O6/c1-19(33)31(44)38-12-11-34-29(42)25(13-20-7-3-2-4-8-20)37-30(43)27-15-22(40)17-39(27)32(45)26(36-28(41)18-38)14-21-16-35-24-10-6-5-9-23(21)24/h2-10,16,19,22,25-27,35,40H,11-15,17-18,33H2,1H3,(H,34,42)(H,36,41)(H,37,43)/t19-,22-,25+,26-,27+/m1/s1. The molecule has 2 aliphatic rings. The lowest BCUT2D eigenvalue weighted by atomic mass is 10.0. The third kappa shape index (κ3) is 7.49. The molecule has 3 aromatic rings. The van der Waals surface area contributed by atoms with Crippen LogP contribution in [0.25, 0.3) is 10.9 Å². The van der Waals surface area contributed by atoms with Crippen molar-refractivity contribution in [3.05, 3.63) is 71.9 Å². The molecule has 5 amide bonds. The number of rotatable bonds is 5. The van der Waals surface area contributed by atoms with E-state index in [2.05, 4.69) is 20.9 Å². The molecule has 1 aromatic heterocycles. The van der Waals surface area contributed by atoms with Crippen molar-refractivity contribution >= 4 is 40.4 Å². The molecule has 2 aliphatic heterocycles. The van der Waals surface area contributed by atoms with E-state index in [1.165, 1.54) is 16.7 Å². The molecule has 238 valence electrons. The van der Waals surface area contributed by atoms with Gasteiger partial charge in [0, 0.05) is 56.0 Å². The van der Waals surface area contributed by atoms with Crippen LogP contribution in [0.15, 0.2) is 60.8 Å². The summed E-state index contributed by atoms with van der Waals surface area (Å²) in [6.07, 6.45) is 1.02. The van der Waals surface area contributed by atoms with Crippen LogP contribution < -0.4 is 21.7 Å². The highest BCUT2D eigenvalue weighted by atomic mass is 16.3. The van der Waals surface area contributed by atoms with E-state index in [9.17, 15) is 29.1 Å². The zero-order chi connectivity index (χ0) is 32.1. The number of H-pyrrole nitrogens is 1. The second kappa shape index (κ2) is 13.9. The molecule has 7 N–H and O–H groups in total. The van der Waals surface area contributed by atoms with Gasteiger partial charge in [-0.1, -0.05) is 48.5 Å². The Bertz CT molecular complexity index is 1560. The van der Waals surface area contributed by atoms with Crippen LogP contribution in [-0.2, 0) is 36.8 Å². The zero-order valence-corrected chi connectivity index (χ0v) is 25.1. The van der Waals surface area contributed by atoms with E-state index in [1.807, 2.05) is 54.6 Å². The molecule has 0 saturated carbocycles. The number of aliphatic hydroxyl groups excluding tert-OH is 1. The number of hydrogen-bond donors (Lipinski definition) is 6. The summed E-state index contributed by atoms with van der Waals surface area (Å²) in [4.78, 5) is 73.2. The van der Waals surface area contributed by atoms with Crippen molar-refractivity contribution < 1.29 is 29.1 Å². The molecule has 45 heavy (non-hydrogen) atoms. The van der Waals surface area contributed by atoms with E-state index in [0.717, 1.165) is 22.0 Å². The first-order valence-corrected chi connectivity index (χ1v) is 15.1. The Kier molecular flexibility index (Phi) is 9.79. The molecule has 5 rings (SSSR count). The first-order valence-electron chi connectivity index (χ1n) is 15.1. The number of fused-ring (bicyclic) bond motifs is 2. The van der Waals surface area contributed by atoms with Gasteiger partial charge in [-0.15, -0.1) is 0 Å². The van der Waals surface area contributed by atoms with Crippen LogP contribution in [0.2, 0.25) is 0 Å². The molecule has 0 bridgehead atoms. The highest BCUT2D eigenvalue weighted by Crippen LogP contribution is 2.23. The van der Waals surface area contributed by atoms with Crippen LogP contribution in [0, 0.1) is 0 Å². The Morgan fingerprint density at radius 3 is 2.47 bits per heavy atom. The molecule has 13 nitrogen and oxygen atoms in total. The van der Waals surface area contributed by atoms with E-state index in [-0.39, 0.29) is 38.9 Å². The fraction of sp³-hybridized carbons (Fsp3) is 0.406. The van der Waals surface area contributed by atoms with E-state index in [4.69, 9.17) is 5.73 Å². The summed E-state index contributed by atoms with van der Waals surface area (Å²) in [5, 5.41) is 19.8. The van der Waals surface area contributed by atoms with Crippen LogP contribution >= 0.6 is 0 Å². The molecule has 0 spiro atoms. The molecular weight excluding hydrogens is 578 g/mol. The number of nitrogens with one attached hydrogen (secondary N) is 4. The van der Waals surface area contributed by atoms with Crippen LogP contribution in [-0.4, -0.2) is 106 Å². The molecule has 2 saturated heterocycles. The van der Waals surface area contributed by atoms with Gasteiger partial charge in [-0.05, 0) is 24.1 Å². The van der Waals surface area contributed by atoms with E-state index in [0.29, 0.717) is 0 Å². The number of amides is 5. The number of para-hydroxylation sites is 1. The maximum atomic E-state index is 14.2. The van der Waals surface area contributed by atoms with Gasteiger partial charge < -0.3 is 41.6 Å². The SMILES string of the molecule is C[C@@H](N)C(=O)N1CCNC(=O)[C@H](Cc2ccccc2)NC(=O)[C@@H]2C[C@@H](O)CN2C(=O)[C@@H](Cc2c[nH]c3ccccc23)NC(=O)C1. The normalized spacial score (nSPS) is 24.2. The van der Waals surface area contributed by atoms with Crippen molar-refractivity contribution in [3.8, 4) is 0 Å². The average molecular weight is 618 g/mol. The first kappa shape index (κ1) is 31.7. The number of aromatic nitrogens is 1. The minimum absolute atomic E-state index is 0.00228. The molecule has 5 atom stereocenters. The molecule has 3 heterocycles. The van der Waals surface area contributed by atoms with Crippen molar-refractivity contribution in [2.24, 2.45) is 5.73 Å². The maximum absolute atomic E-state index is 14.2. The number of nitrogens with zero attached hydrogens (tertiary/aromatic N) is 2. The Morgan fingerprint density at radius 1 is 0.978 bits per heavy atom. The fourth-order valence-electron chi connectivity index (χ4n) is 5.96. The van der Waals surface area contributed by atoms with Crippen LogP contribution in [0.1, 0.15) is 24.5 Å². The minimum Gasteiger partial charge on any atom is -0.391 e. The predicted molar refractivity (Wildman–Crippen MR) is 165 cm³/mol. The van der Waals surface area contributed by atoms with Crippen LogP contribution in [0.4, 0.5) is 0 Å². The number of hydrogen-bond acceptors (Lipinski definition) is 7. The van der Waals surface area contributed by atoms with Crippen molar-refractivity contribution in [2.45, 2.75) is 56.5 Å². The van der Waals surface area contributed by atoms with Gasteiger partial charge in [0.1, 0.15) is 18.1 Å². The monoisotopic (exact) mass is 617 g/mol. The Balaban J connectivity index is 1.49. The summed E-state index contributed by atoms with van der Waals surface area (Å²) in [6.45, 7) is 0.958. The van der Waals surface area contributed by atoms with Crippen LogP contribution in [0.3, 0.4) is 0 Å². The predicted octanol–water partition coefficient (Wildman–Crippen LogP) is -0.810. The van der Waals surface area contributed by atoms with Gasteiger partial charge >= 0.3 is 0 Å². The van der Waals surface area contributed by atoms with Crippen LogP contribution in [0.5, 0.6) is 0 Å². The summed E-state index contributed by atoms with van der Waals surface area (Å²) in [5.41, 5.74) is 8.29. The molecule has 0 unspecified atom stereocenters. The maximum Gasteiger partial charge on any atom is 0.246 e. The highest BCUT2D eigenvalue weighted by Gasteiger charge is 2.43. The fourth-order valence-corrected chi connectivity index (χ4v) is 5.96. The number of carbonyl (C=O) groups is 5. The van der Waals surface area contributed by atoms with E-state index < -0.39 is 66.4 Å². The lowest BCUT2D eigenvalue weighted by molar-refractivity contribution is -0.142. The summed E-state index contributed by atoms with van der Waals surface area (Å²) in [7, 11) is 0. The molecular formula is C32H39N7O6. The second-order valence-corrected chi connectivity index (χ2v) is 11.7. The third-order valence-electron chi connectivity index (χ3n) is 8.23. The number of benzene rings is 2. The number of carbonyl (C=O) groups excluding carboxylic acids is 5. The molecule has 0 radical (unpaired) electrons. The van der Waals surface area contributed by atoms with Gasteiger partial charge in [0.05, 0.1) is 18.7 Å². The average Bonchev–Trinajstić information content (AvgIpc) is 3.62. The smallest absolute Gasteiger partial charge is 0.246 e. The second-order valence-electron chi connectivity index (χ2n) is 11.7. The topological polar surface area (TPSA) is 190 Å². The Labute approximate surface area is 260 Å². The van der Waals surface area contributed by atoms with Gasteiger partial charge in [-0.2, -0.15) is 0 Å². The zero-order valence-electron chi connectivity index (χ0n) is 25.1. The summed E-state index contributed by atoms with van der Waals surface area (Å²) < 4.78 is 0. The third-order valence-corrected chi connectivity index (χ3v) is 8.23. The van der Waals surface area contributed by atoms with Gasteiger partial charge in [0.25, 0.3) is 0 Å². The summed E-state index contributed by atoms with van der Waals surface area (Å²) >= 11 is 0. The van der Waals surface area contributed by atoms with Gasteiger partial charge in [0.15, 0.2) is 0 Å². The molecule has 0 aliphatic carbocycles.